The van der Waals surface area contributed by atoms with Gasteiger partial charge in [0.2, 0.25) is 5.91 Å². The molecule has 2 aliphatic heterocycles. The van der Waals surface area contributed by atoms with Crippen LogP contribution >= 0.6 is 0 Å². The summed E-state index contributed by atoms with van der Waals surface area (Å²) in [6.45, 7) is 4.17. The molecular weight excluding hydrogens is 332 g/mol. The third kappa shape index (κ3) is 5.54. The fourth-order valence-electron chi connectivity index (χ4n) is 3.32. The smallest absolute Gasteiger partial charge is 0.251 e. The van der Waals surface area contributed by atoms with E-state index in [0.29, 0.717) is 38.3 Å². The molecular formula is C20H28N2O4. The van der Waals surface area contributed by atoms with Gasteiger partial charge in [-0.15, -0.1) is 0 Å². The minimum atomic E-state index is -0.0760. The van der Waals surface area contributed by atoms with Gasteiger partial charge < -0.3 is 19.7 Å². The summed E-state index contributed by atoms with van der Waals surface area (Å²) in [6.07, 6.45) is 4.83. The third-order valence-electron chi connectivity index (χ3n) is 4.84. The van der Waals surface area contributed by atoms with Crippen molar-refractivity contribution in [2.24, 2.45) is 0 Å². The largest absolute Gasteiger partial charge is 0.379 e. The summed E-state index contributed by atoms with van der Waals surface area (Å²) in [5.41, 5.74) is 1.70. The van der Waals surface area contributed by atoms with Crippen LogP contribution in [0.25, 0.3) is 0 Å². The first-order valence-corrected chi connectivity index (χ1v) is 9.56. The quantitative estimate of drug-likeness (QED) is 0.685. The maximum absolute atomic E-state index is 12.2. The monoisotopic (exact) mass is 360 g/mol. The van der Waals surface area contributed by atoms with E-state index in [1.165, 1.54) is 0 Å². The molecule has 0 aromatic heterocycles. The Hall–Kier alpha value is -1.92. The lowest BCUT2D eigenvalue weighted by molar-refractivity contribution is -0.128. The average molecular weight is 360 g/mol. The number of likely N-dealkylation sites (tertiary alicyclic amines) is 1. The van der Waals surface area contributed by atoms with Crippen LogP contribution in [0.2, 0.25) is 0 Å². The topological polar surface area (TPSA) is 67.9 Å². The predicted molar refractivity (Wildman–Crippen MR) is 97.8 cm³/mol. The van der Waals surface area contributed by atoms with Crippen molar-refractivity contribution in [3.63, 3.8) is 0 Å². The second kappa shape index (κ2) is 9.69. The first kappa shape index (κ1) is 18.9. The highest BCUT2D eigenvalue weighted by molar-refractivity contribution is 5.94. The van der Waals surface area contributed by atoms with Crippen LogP contribution in [-0.4, -0.2) is 55.7 Å². The van der Waals surface area contributed by atoms with Crippen LogP contribution < -0.4 is 5.32 Å². The molecule has 6 nitrogen and oxygen atoms in total. The summed E-state index contributed by atoms with van der Waals surface area (Å²) in [4.78, 5) is 25.7. The molecule has 2 heterocycles. The van der Waals surface area contributed by atoms with Gasteiger partial charge in [-0.2, -0.15) is 0 Å². The molecule has 1 atom stereocenters. The summed E-state index contributed by atoms with van der Waals surface area (Å²) in [5, 5.41) is 2.91. The molecule has 26 heavy (non-hydrogen) atoms. The van der Waals surface area contributed by atoms with Gasteiger partial charge in [-0.25, -0.2) is 0 Å². The Balaban J connectivity index is 1.32. The number of rotatable bonds is 9. The minimum Gasteiger partial charge on any atom is -0.379 e. The fourth-order valence-corrected chi connectivity index (χ4v) is 3.32. The maximum Gasteiger partial charge on any atom is 0.251 e. The van der Waals surface area contributed by atoms with E-state index in [1.807, 2.05) is 29.2 Å². The first-order chi connectivity index (χ1) is 12.7. The Labute approximate surface area is 154 Å². The summed E-state index contributed by atoms with van der Waals surface area (Å²) in [5.74, 6) is 0.140. The zero-order valence-corrected chi connectivity index (χ0v) is 15.2. The molecule has 6 heteroatoms. The highest BCUT2D eigenvalue weighted by Crippen LogP contribution is 2.15. The second-order valence-corrected chi connectivity index (χ2v) is 6.94. The van der Waals surface area contributed by atoms with E-state index in [-0.39, 0.29) is 17.9 Å². The van der Waals surface area contributed by atoms with Crippen LogP contribution in [0.1, 0.15) is 48.0 Å². The van der Waals surface area contributed by atoms with E-state index in [0.717, 1.165) is 44.4 Å². The minimum absolute atomic E-state index is 0.0760. The standard InChI is InChI=1S/C20H28N2O4/c23-19-5-1-11-22(19)14-16-6-8-17(9-7-16)20(24)21-10-3-12-25-15-18-4-2-13-26-18/h6-9,18H,1-5,10-15H2,(H,21,24). The zero-order valence-electron chi connectivity index (χ0n) is 15.2. The number of carbonyl (C=O) groups is 2. The van der Waals surface area contributed by atoms with Crippen molar-refractivity contribution in [1.29, 1.82) is 0 Å². The average Bonchev–Trinajstić information content (AvgIpc) is 3.31. The van der Waals surface area contributed by atoms with E-state index >= 15 is 0 Å². The highest BCUT2D eigenvalue weighted by atomic mass is 16.5. The van der Waals surface area contributed by atoms with Crippen molar-refractivity contribution in [2.45, 2.75) is 44.8 Å². The van der Waals surface area contributed by atoms with Gasteiger partial charge in [0.1, 0.15) is 0 Å². The van der Waals surface area contributed by atoms with Crippen LogP contribution in [0.5, 0.6) is 0 Å². The van der Waals surface area contributed by atoms with Gasteiger partial charge in [0.25, 0.3) is 5.91 Å². The Morgan fingerprint density at radius 1 is 1.27 bits per heavy atom. The van der Waals surface area contributed by atoms with Gasteiger partial charge in [-0.3, -0.25) is 9.59 Å². The van der Waals surface area contributed by atoms with Crippen LogP contribution in [-0.2, 0) is 20.8 Å². The van der Waals surface area contributed by atoms with E-state index < -0.39 is 0 Å². The Bertz CT molecular complexity index is 596. The Kier molecular flexibility index (Phi) is 7.03. The molecule has 1 aromatic carbocycles. The van der Waals surface area contributed by atoms with Gasteiger partial charge in [-0.05, 0) is 43.4 Å². The predicted octanol–water partition coefficient (Wildman–Crippen LogP) is 2.12. The van der Waals surface area contributed by atoms with E-state index in [2.05, 4.69) is 5.32 Å². The van der Waals surface area contributed by atoms with E-state index in [1.54, 1.807) is 0 Å². The molecule has 0 saturated carbocycles. The molecule has 0 bridgehead atoms. The highest BCUT2D eigenvalue weighted by Gasteiger charge is 2.20. The second-order valence-electron chi connectivity index (χ2n) is 6.94. The molecule has 2 saturated heterocycles. The van der Waals surface area contributed by atoms with Gasteiger partial charge in [0.05, 0.1) is 12.7 Å². The van der Waals surface area contributed by atoms with Gasteiger partial charge in [0, 0.05) is 44.8 Å². The van der Waals surface area contributed by atoms with Crippen molar-refractivity contribution >= 4 is 11.8 Å². The summed E-state index contributed by atoms with van der Waals surface area (Å²) >= 11 is 0. The summed E-state index contributed by atoms with van der Waals surface area (Å²) < 4.78 is 11.1. The molecule has 0 spiro atoms. The number of ether oxygens (including phenoxy) is 2. The number of nitrogens with zero attached hydrogens (tertiary/aromatic N) is 1. The first-order valence-electron chi connectivity index (χ1n) is 9.56. The maximum atomic E-state index is 12.2. The Morgan fingerprint density at radius 3 is 2.81 bits per heavy atom. The van der Waals surface area contributed by atoms with Crippen LogP contribution in [0, 0.1) is 0 Å². The van der Waals surface area contributed by atoms with Crippen LogP contribution in [0.4, 0.5) is 0 Å². The van der Waals surface area contributed by atoms with Crippen molar-refractivity contribution < 1.29 is 19.1 Å². The molecule has 1 aromatic rings. The van der Waals surface area contributed by atoms with Crippen LogP contribution in [0.15, 0.2) is 24.3 Å². The SMILES string of the molecule is O=C(NCCCOCC1CCCO1)c1ccc(CN2CCCC2=O)cc1. The normalized spacial score (nSPS) is 19.9. The Morgan fingerprint density at radius 2 is 2.12 bits per heavy atom. The lowest BCUT2D eigenvalue weighted by atomic mass is 10.1. The van der Waals surface area contributed by atoms with Gasteiger partial charge in [-0.1, -0.05) is 12.1 Å². The van der Waals surface area contributed by atoms with E-state index in [4.69, 9.17) is 9.47 Å². The molecule has 0 aliphatic carbocycles. The van der Waals surface area contributed by atoms with E-state index in [9.17, 15) is 9.59 Å². The van der Waals surface area contributed by atoms with Crippen molar-refractivity contribution in [1.82, 2.24) is 10.2 Å². The molecule has 2 amide bonds. The molecule has 0 radical (unpaired) electrons. The lowest BCUT2D eigenvalue weighted by Crippen LogP contribution is -2.26. The number of carbonyl (C=O) groups excluding carboxylic acids is 2. The number of benzene rings is 1. The molecule has 2 fully saturated rings. The third-order valence-corrected chi connectivity index (χ3v) is 4.84. The van der Waals surface area contributed by atoms with Gasteiger partial charge in [0.15, 0.2) is 0 Å². The molecule has 1 unspecified atom stereocenters. The summed E-state index contributed by atoms with van der Waals surface area (Å²) in [6, 6.07) is 7.48. The molecule has 142 valence electrons. The number of hydrogen-bond acceptors (Lipinski definition) is 4. The van der Waals surface area contributed by atoms with Crippen molar-refractivity contribution in [3.05, 3.63) is 35.4 Å². The lowest BCUT2D eigenvalue weighted by Gasteiger charge is -2.15. The zero-order chi connectivity index (χ0) is 18.2. The summed E-state index contributed by atoms with van der Waals surface area (Å²) in [7, 11) is 0. The number of hydrogen-bond donors (Lipinski definition) is 1. The van der Waals surface area contributed by atoms with Crippen LogP contribution in [0.3, 0.4) is 0 Å². The van der Waals surface area contributed by atoms with Gasteiger partial charge >= 0.3 is 0 Å². The van der Waals surface area contributed by atoms with Crippen molar-refractivity contribution in [3.8, 4) is 0 Å². The fraction of sp³-hybridized carbons (Fsp3) is 0.600. The molecule has 3 rings (SSSR count). The molecule has 1 N–H and O–H groups in total. The number of amides is 2. The number of nitrogens with one attached hydrogen (secondary N) is 1. The molecule has 2 aliphatic rings. The van der Waals surface area contributed by atoms with Crippen molar-refractivity contribution in [2.75, 3.05) is 32.9 Å².